The second-order valence-corrected chi connectivity index (χ2v) is 7.46. The molecule has 0 atom stereocenters. The summed E-state index contributed by atoms with van der Waals surface area (Å²) in [6, 6.07) is 20.2. The number of benzene rings is 2. The third-order valence-electron chi connectivity index (χ3n) is 4.56. The molecule has 28 heavy (non-hydrogen) atoms. The molecule has 5 heteroatoms. The predicted molar refractivity (Wildman–Crippen MR) is 113 cm³/mol. The van der Waals surface area contributed by atoms with Gasteiger partial charge in [-0.05, 0) is 47.3 Å². The highest BCUT2D eigenvalue weighted by molar-refractivity contribution is 7.09. The van der Waals surface area contributed by atoms with Gasteiger partial charge in [-0.2, -0.15) is 5.26 Å². The molecule has 0 fully saturated rings. The van der Waals surface area contributed by atoms with Crippen molar-refractivity contribution < 1.29 is 9.47 Å². The fraction of sp³-hybridized carbons (Fsp3) is 0.261. The van der Waals surface area contributed by atoms with E-state index in [1.54, 1.807) is 18.4 Å². The first-order chi connectivity index (χ1) is 13.7. The van der Waals surface area contributed by atoms with Crippen molar-refractivity contribution in [2.24, 2.45) is 0 Å². The standard InChI is InChI=1S/C23H24N2O2S/c1-3-25(16-20-8-5-4-7-19(20)14-24)15-18-10-11-22(23(13-18)26-2)27-17-21-9-6-12-28-21/h4-13H,3,15-17H2,1-2H3. The Morgan fingerprint density at radius 2 is 1.89 bits per heavy atom. The highest BCUT2D eigenvalue weighted by Crippen LogP contribution is 2.30. The van der Waals surface area contributed by atoms with Gasteiger partial charge in [-0.3, -0.25) is 4.90 Å². The lowest BCUT2D eigenvalue weighted by Gasteiger charge is -2.22. The number of nitriles is 1. The first-order valence-corrected chi connectivity index (χ1v) is 10.1. The second-order valence-electron chi connectivity index (χ2n) is 6.43. The Kier molecular flexibility index (Phi) is 7.07. The molecule has 0 aliphatic carbocycles. The largest absolute Gasteiger partial charge is 0.493 e. The van der Waals surface area contributed by atoms with Crippen molar-refractivity contribution in [1.82, 2.24) is 4.90 Å². The maximum Gasteiger partial charge on any atom is 0.161 e. The Morgan fingerprint density at radius 1 is 1.04 bits per heavy atom. The number of rotatable bonds is 9. The van der Waals surface area contributed by atoms with E-state index >= 15 is 0 Å². The summed E-state index contributed by atoms with van der Waals surface area (Å²) in [5, 5.41) is 11.4. The highest BCUT2D eigenvalue weighted by Gasteiger charge is 2.11. The van der Waals surface area contributed by atoms with E-state index in [4.69, 9.17) is 9.47 Å². The molecule has 3 rings (SSSR count). The van der Waals surface area contributed by atoms with Gasteiger partial charge in [-0.15, -0.1) is 11.3 Å². The minimum Gasteiger partial charge on any atom is -0.493 e. The molecular weight excluding hydrogens is 368 g/mol. The minimum atomic E-state index is 0.541. The average molecular weight is 393 g/mol. The number of ether oxygens (including phenoxy) is 2. The Balaban J connectivity index is 1.69. The molecule has 0 aliphatic heterocycles. The lowest BCUT2D eigenvalue weighted by atomic mass is 10.1. The van der Waals surface area contributed by atoms with Crippen LogP contribution in [0, 0.1) is 11.3 Å². The maximum absolute atomic E-state index is 9.31. The molecular formula is C23H24N2O2S. The third kappa shape index (κ3) is 5.13. The van der Waals surface area contributed by atoms with Crippen molar-refractivity contribution in [3.05, 3.63) is 81.5 Å². The van der Waals surface area contributed by atoms with Crippen LogP contribution in [0.4, 0.5) is 0 Å². The first kappa shape index (κ1) is 19.9. The second kappa shape index (κ2) is 9.93. The van der Waals surface area contributed by atoms with Crippen LogP contribution in [0.3, 0.4) is 0 Å². The quantitative estimate of drug-likeness (QED) is 0.500. The van der Waals surface area contributed by atoms with Gasteiger partial charge in [0.2, 0.25) is 0 Å². The summed E-state index contributed by atoms with van der Waals surface area (Å²) in [5.41, 5.74) is 2.93. The Morgan fingerprint density at radius 3 is 2.61 bits per heavy atom. The molecule has 2 aromatic carbocycles. The monoisotopic (exact) mass is 392 g/mol. The number of methoxy groups -OCH3 is 1. The molecule has 0 amide bonds. The minimum absolute atomic E-state index is 0.541. The number of hydrogen-bond donors (Lipinski definition) is 0. The Labute approximate surface area is 170 Å². The Bertz CT molecular complexity index is 932. The summed E-state index contributed by atoms with van der Waals surface area (Å²) in [6.07, 6.45) is 0. The number of hydrogen-bond acceptors (Lipinski definition) is 5. The van der Waals surface area contributed by atoms with Crippen molar-refractivity contribution in [3.63, 3.8) is 0 Å². The summed E-state index contributed by atoms with van der Waals surface area (Å²) >= 11 is 1.68. The highest BCUT2D eigenvalue weighted by atomic mass is 32.1. The zero-order valence-corrected chi connectivity index (χ0v) is 17.0. The van der Waals surface area contributed by atoms with Crippen LogP contribution in [-0.4, -0.2) is 18.6 Å². The van der Waals surface area contributed by atoms with Gasteiger partial charge in [0.05, 0.1) is 18.7 Å². The molecule has 0 saturated carbocycles. The van der Waals surface area contributed by atoms with E-state index in [9.17, 15) is 5.26 Å². The molecule has 1 aromatic heterocycles. The molecule has 0 unspecified atom stereocenters. The van der Waals surface area contributed by atoms with Gasteiger partial charge in [-0.25, -0.2) is 0 Å². The van der Waals surface area contributed by atoms with Crippen LogP contribution in [0.5, 0.6) is 11.5 Å². The number of nitrogens with zero attached hydrogens (tertiary/aromatic N) is 2. The topological polar surface area (TPSA) is 45.5 Å². The molecule has 0 bridgehead atoms. The van der Waals surface area contributed by atoms with Crippen molar-refractivity contribution in [3.8, 4) is 17.6 Å². The van der Waals surface area contributed by atoms with E-state index in [1.165, 1.54) is 4.88 Å². The molecule has 1 heterocycles. The van der Waals surface area contributed by atoms with Gasteiger partial charge in [0.15, 0.2) is 11.5 Å². The van der Waals surface area contributed by atoms with Crippen molar-refractivity contribution in [1.29, 1.82) is 5.26 Å². The van der Waals surface area contributed by atoms with E-state index in [0.29, 0.717) is 6.61 Å². The van der Waals surface area contributed by atoms with Gasteiger partial charge in [-0.1, -0.05) is 37.3 Å². The molecule has 0 aliphatic rings. The zero-order chi connectivity index (χ0) is 19.8. The zero-order valence-electron chi connectivity index (χ0n) is 16.2. The fourth-order valence-corrected chi connectivity index (χ4v) is 3.64. The summed E-state index contributed by atoms with van der Waals surface area (Å²) < 4.78 is 11.5. The van der Waals surface area contributed by atoms with Crippen LogP contribution in [0.25, 0.3) is 0 Å². The predicted octanol–water partition coefficient (Wildman–Crippen LogP) is 5.23. The van der Waals surface area contributed by atoms with Gasteiger partial charge in [0.1, 0.15) is 6.61 Å². The lowest BCUT2D eigenvalue weighted by Crippen LogP contribution is -2.22. The van der Waals surface area contributed by atoms with Gasteiger partial charge in [0.25, 0.3) is 0 Å². The smallest absolute Gasteiger partial charge is 0.161 e. The summed E-state index contributed by atoms with van der Waals surface area (Å²) in [7, 11) is 1.66. The van der Waals surface area contributed by atoms with Gasteiger partial charge < -0.3 is 9.47 Å². The third-order valence-corrected chi connectivity index (χ3v) is 5.41. The molecule has 0 spiro atoms. The van der Waals surface area contributed by atoms with Crippen LogP contribution in [0.1, 0.15) is 28.5 Å². The van der Waals surface area contributed by atoms with Crippen molar-refractivity contribution >= 4 is 11.3 Å². The summed E-state index contributed by atoms with van der Waals surface area (Å²) in [6.45, 7) is 5.07. The first-order valence-electron chi connectivity index (χ1n) is 9.26. The van der Waals surface area contributed by atoms with Crippen LogP contribution < -0.4 is 9.47 Å². The van der Waals surface area contributed by atoms with E-state index < -0.39 is 0 Å². The number of thiophene rings is 1. The maximum atomic E-state index is 9.31. The molecule has 144 valence electrons. The van der Waals surface area contributed by atoms with Crippen LogP contribution in [-0.2, 0) is 19.7 Å². The van der Waals surface area contributed by atoms with Crippen molar-refractivity contribution in [2.45, 2.75) is 26.6 Å². The summed E-state index contributed by atoms with van der Waals surface area (Å²) in [5.74, 6) is 1.49. The SMILES string of the molecule is CCN(Cc1ccc(OCc2cccs2)c(OC)c1)Cc1ccccc1C#N. The fourth-order valence-electron chi connectivity index (χ4n) is 3.02. The van der Waals surface area contributed by atoms with Gasteiger partial charge >= 0.3 is 0 Å². The molecule has 0 N–H and O–H groups in total. The molecule has 0 saturated heterocycles. The lowest BCUT2D eigenvalue weighted by molar-refractivity contribution is 0.268. The molecule has 3 aromatic rings. The van der Waals surface area contributed by atoms with Crippen LogP contribution >= 0.6 is 11.3 Å². The van der Waals surface area contributed by atoms with Crippen LogP contribution in [0.2, 0.25) is 0 Å². The van der Waals surface area contributed by atoms with E-state index in [1.807, 2.05) is 47.8 Å². The average Bonchev–Trinajstić information content (AvgIpc) is 3.26. The van der Waals surface area contributed by atoms with E-state index in [-0.39, 0.29) is 0 Å². The van der Waals surface area contributed by atoms with E-state index in [2.05, 4.69) is 30.0 Å². The van der Waals surface area contributed by atoms with Gasteiger partial charge in [0, 0.05) is 18.0 Å². The Hall–Kier alpha value is -2.81. The van der Waals surface area contributed by atoms with Crippen LogP contribution in [0.15, 0.2) is 60.0 Å². The normalized spacial score (nSPS) is 10.6. The molecule has 4 nitrogen and oxygen atoms in total. The summed E-state index contributed by atoms with van der Waals surface area (Å²) in [4.78, 5) is 3.48. The van der Waals surface area contributed by atoms with E-state index in [0.717, 1.165) is 47.8 Å². The van der Waals surface area contributed by atoms with Crippen molar-refractivity contribution in [2.75, 3.05) is 13.7 Å². The molecule has 0 radical (unpaired) electrons.